The van der Waals surface area contributed by atoms with Crippen molar-refractivity contribution >= 4 is 11.9 Å². The molecule has 2 N–H and O–H groups in total. The van der Waals surface area contributed by atoms with E-state index in [0.717, 1.165) is 0 Å². The first-order valence-electron chi connectivity index (χ1n) is 4.12. The van der Waals surface area contributed by atoms with Gasteiger partial charge in [0.25, 0.3) is 0 Å². The molecule has 0 amide bonds. The van der Waals surface area contributed by atoms with E-state index in [4.69, 9.17) is 14.9 Å². The lowest BCUT2D eigenvalue weighted by molar-refractivity contribution is 0.0648. The Labute approximate surface area is 85.9 Å². The number of carbonyl (C=O) groups is 2. The normalized spacial score (nSPS) is 9.73. The number of aromatic carboxylic acids is 2. The third kappa shape index (κ3) is 2.07. The van der Waals surface area contributed by atoms with Crippen molar-refractivity contribution in [2.75, 3.05) is 7.11 Å². The Morgan fingerprint density at radius 1 is 1.20 bits per heavy atom. The molecule has 0 saturated carbocycles. The Hall–Kier alpha value is -2.04. The predicted octanol–water partition coefficient (Wildman–Crippen LogP) is 1.40. The zero-order valence-electron chi connectivity index (χ0n) is 8.27. The second kappa shape index (κ2) is 4.00. The van der Waals surface area contributed by atoms with Gasteiger partial charge in [-0.3, -0.25) is 0 Å². The highest BCUT2D eigenvalue weighted by Crippen LogP contribution is 2.24. The average molecular weight is 210 g/mol. The molecule has 15 heavy (non-hydrogen) atoms. The molecule has 5 nitrogen and oxygen atoms in total. The molecule has 1 aromatic rings. The zero-order chi connectivity index (χ0) is 11.6. The molecule has 1 aromatic carbocycles. The van der Waals surface area contributed by atoms with Crippen LogP contribution in [0, 0.1) is 6.92 Å². The average Bonchev–Trinajstić information content (AvgIpc) is 2.15. The van der Waals surface area contributed by atoms with Crippen molar-refractivity contribution in [3.05, 3.63) is 28.8 Å². The Bertz CT molecular complexity index is 422. The second-order valence-electron chi connectivity index (χ2n) is 3.00. The number of ether oxygens (including phenoxy) is 1. The topological polar surface area (TPSA) is 83.8 Å². The fraction of sp³-hybridized carbons (Fsp3) is 0.200. The molecule has 5 heteroatoms. The van der Waals surface area contributed by atoms with E-state index in [9.17, 15) is 9.59 Å². The summed E-state index contributed by atoms with van der Waals surface area (Å²) in [4.78, 5) is 21.7. The van der Waals surface area contributed by atoms with E-state index in [0.29, 0.717) is 5.56 Å². The highest BCUT2D eigenvalue weighted by atomic mass is 16.5. The molecule has 0 saturated heterocycles. The fourth-order valence-corrected chi connectivity index (χ4v) is 1.30. The maximum atomic E-state index is 10.9. The number of benzene rings is 1. The quantitative estimate of drug-likeness (QED) is 0.787. The number of carboxylic acids is 2. The third-order valence-electron chi connectivity index (χ3n) is 1.91. The van der Waals surface area contributed by atoms with Gasteiger partial charge in [0.15, 0.2) is 0 Å². The van der Waals surface area contributed by atoms with Crippen LogP contribution in [0.4, 0.5) is 0 Å². The first kappa shape index (κ1) is 11.0. The molecule has 0 atom stereocenters. The van der Waals surface area contributed by atoms with Crippen LogP contribution in [-0.2, 0) is 0 Å². The summed E-state index contributed by atoms with van der Waals surface area (Å²) in [5, 5.41) is 17.7. The minimum Gasteiger partial charge on any atom is -0.496 e. The van der Waals surface area contributed by atoms with E-state index < -0.39 is 11.9 Å². The number of rotatable bonds is 3. The van der Waals surface area contributed by atoms with Gasteiger partial charge in [-0.15, -0.1) is 0 Å². The molecule has 0 aliphatic rings. The van der Waals surface area contributed by atoms with Crippen LogP contribution < -0.4 is 4.74 Å². The van der Waals surface area contributed by atoms with Gasteiger partial charge >= 0.3 is 11.9 Å². The van der Waals surface area contributed by atoms with Crippen molar-refractivity contribution in [2.24, 2.45) is 0 Å². The van der Waals surface area contributed by atoms with Gasteiger partial charge in [0, 0.05) is 0 Å². The smallest absolute Gasteiger partial charge is 0.340 e. The number of aryl methyl sites for hydroxylation is 1. The van der Waals surface area contributed by atoms with Crippen LogP contribution in [0.3, 0.4) is 0 Å². The number of hydrogen-bond donors (Lipinski definition) is 2. The van der Waals surface area contributed by atoms with Gasteiger partial charge in [0.1, 0.15) is 11.3 Å². The molecule has 1 rings (SSSR count). The Morgan fingerprint density at radius 2 is 1.80 bits per heavy atom. The SMILES string of the molecule is COc1cc(C)cc(C(=O)O)c1C(=O)O. The van der Waals surface area contributed by atoms with E-state index >= 15 is 0 Å². The van der Waals surface area contributed by atoms with Gasteiger partial charge in [-0.1, -0.05) is 0 Å². The van der Waals surface area contributed by atoms with Gasteiger partial charge in [0.2, 0.25) is 0 Å². The van der Waals surface area contributed by atoms with Crippen LogP contribution >= 0.6 is 0 Å². The highest BCUT2D eigenvalue weighted by molar-refractivity contribution is 6.03. The summed E-state index contributed by atoms with van der Waals surface area (Å²) in [5.41, 5.74) is 0.0456. The number of carboxylic acid groups (broad SMARTS) is 2. The van der Waals surface area contributed by atoms with E-state index in [1.807, 2.05) is 0 Å². The summed E-state index contributed by atoms with van der Waals surface area (Å²) in [6.07, 6.45) is 0. The largest absolute Gasteiger partial charge is 0.496 e. The van der Waals surface area contributed by atoms with Crippen LogP contribution in [0.2, 0.25) is 0 Å². The molecule has 0 heterocycles. The van der Waals surface area contributed by atoms with Crippen molar-refractivity contribution in [3.63, 3.8) is 0 Å². The van der Waals surface area contributed by atoms with Crippen molar-refractivity contribution < 1.29 is 24.5 Å². The van der Waals surface area contributed by atoms with Crippen molar-refractivity contribution in [1.82, 2.24) is 0 Å². The van der Waals surface area contributed by atoms with Crippen LogP contribution in [-0.4, -0.2) is 29.3 Å². The molecular formula is C10H10O5. The van der Waals surface area contributed by atoms with Crippen molar-refractivity contribution in [2.45, 2.75) is 6.92 Å². The summed E-state index contributed by atoms with van der Waals surface area (Å²) in [6.45, 7) is 1.67. The third-order valence-corrected chi connectivity index (χ3v) is 1.91. The predicted molar refractivity (Wildman–Crippen MR) is 51.6 cm³/mol. The van der Waals surface area contributed by atoms with Gasteiger partial charge < -0.3 is 14.9 Å². The lowest BCUT2D eigenvalue weighted by Gasteiger charge is -2.09. The van der Waals surface area contributed by atoms with Gasteiger partial charge in [-0.25, -0.2) is 9.59 Å². The minimum absolute atomic E-state index is 0.0555. The molecule has 0 unspecified atom stereocenters. The first-order chi connectivity index (χ1) is 6.97. The summed E-state index contributed by atoms with van der Waals surface area (Å²) >= 11 is 0. The van der Waals surface area contributed by atoms with E-state index in [2.05, 4.69) is 0 Å². The molecule has 0 radical (unpaired) electrons. The summed E-state index contributed by atoms with van der Waals surface area (Å²) < 4.78 is 4.83. The lowest BCUT2D eigenvalue weighted by atomic mass is 10.0. The second-order valence-corrected chi connectivity index (χ2v) is 3.00. The maximum Gasteiger partial charge on any atom is 0.340 e. The van der Waals surface area contributed by atoms with E-state index in [-0.39, 0.29) is 16.9 Å². The van der Waals surface area contributed by atoms with Gasteiger partial charge in [-0.2, -0.15) is 0 Å². The highest BCUT2D eigenvalue weighted by Gasteiger charge is 2.21. The van der Waals surface area contributed by atoms with Gasteiger partial charge in [0.05, 0.1) is 12.7 Å². The molecule has 0 aliphatic carbocycles. The zero-order valence-corrected chi connectivity index (χ0v) is 8.27. The minimum atomic E-state index is -1.32. The van der Waals surface area contributed by atoms with Crippen LogP contribution in [0.25, 0.3) is 0 Å². The summed E-state index contributed by atoms with van der Waals surface area (Å²) in [7, 11) is 1.30. The molecule has 0 aromatic heterocycles. The van der Waals surface area contributed by atoms with Crippen LogP contribution in [0.15, 0.2) is 12.1 Å². The van der Waals surface area contributed by atoms with E-state index in [1.165, 1.54) is 19.2 Å². The van der Waals surface area contributed by atoms with Gasteiger partial charge in [-0.05, 0) is 24.6 Å². The first-order valence-corrected chi connectivity index (χ1v) is 4.12. The molecule has 0 fully saturated rings. The van der Waals surface area contributed by atoms with Crippen LogP contribution in [0.1, 0.15) is 26.3 Å². The summed E-state index contributed by atoms with van der Waals surface area (Å²) in [6, 6.07) is 2.78. The Balaban J connectivity index is 3.54. The molecule has 80 valence electrons. The molecular weight excluding hydrogens is 200 g/mol. The van der Waals surface area contributed by atoms with Crippen molar-refractivity contribution in [3.8, 4) is 5.75 Å². The maximum absolute atomic E-state index is 10.9. The standard InChI is InChI=1S/C10H10O5/c1-5-3-6(9(11)12)8(10(13)14)7(4-5)15-2/h3-4H,1-2H3,(H,11,12)(H,13,14). The number of hydrogen-bond acceptors (Lipinski definition) is 3. The Kier molecular flexibility index (Phi) is 2.94. The molecule has 0 aliphatic heterocycles. The Morgan fingerprint density at radius 3 is 2.20 bits per heavy atom. The lowest BCUT2D eigenvalue weighted by Crippen LogP contribution is -2.10. The van der Waals surface area contributed by atoms with E-state index in [1.54, 1.807) is 6.92 Å². The van der Waals surface area contributed by atoms with Crippen LogP contribution in [0.5, 0.6) is 5.75 Å². The summed E-state index contributed by atoms with van der Waals surface area (Å²) in [5.74, 6) is -2.54. The van der Waals surface area contributed by atoms with Crippen molar-refractivity contribution in [1.29, 1.82) is 0 Å². The molecule has 0 spiro atoms. The molecule has 0 bridgehead atoms. The number of methoxy groups -OCH3 is 1. The fourth-order valence-electron chi connectivity index (χ4n) is 1.30. The monoisotopic (exact) mass is 210 g/mol.